The molecule has 2 heterocycles. The zero-order chi connectivity index (χ0) is 21.8. The molecule has 31 heavy (non-hydrogen) atoms. The summed E-state index contributed by atoms with van der Waals surface area (Å²) in [7, 11) is 0. The van der Waals surface area contributed by atoms with E-state index in [2.05, 4.69) is 10.2 Å². The van der Waals surface area contributed by atoms with E-state index in [-0.39, 0.29) is 23.9 Å². The number of thioether (sulfide) groups is 1. The Kier molecular flexibility index (Phi) is 6.43. The Morgan fingerprint density at radius 3 is 2.68 bits per heavy atom. The van der Waals surface area contributed by atoms with E-state index < -0.39 is 11.6 Å². The summed E-state index contributed by atoms with van der Waals surface area (Å²) in [5, 5.41) is 10.5. The van der Waals surface area contributed by atoms with Crippen molar-refractivity contribution in [3.63, 3.8) is 0 Å². The van der Waals surface area contributed by atoms with E-state index in [0.717, 1.165) is 28.3 Å². The van der Waals surface area contributed by atoms with Gasteiger partial charge in [0.25, 0.3) is 0 Å². The Morgan fingerprint density at radius 1 is 1.16 bits per heavy atom. The fourth-order valence-corrected chi connectivity index (χ4v) is 4.47. The molecule has 0 saturated heterocycles. The number of amides is 1. The van der Waals surface area contributed by atoms with Gasteiger partial charge in [-0.25, -0.2) is 8.78 Å². The molecule has 0 saturated carbocycles. The molecule has 1 amide bonds. The number of carbonyl (C=O) groups excluding carboxylic acids is 1. The van der Waals surface area contributed by atoms with Gasteiger partial charge in [-0.3, -0.25) is 9.36 Å². The zero-order valence-corrected chi connectivity index (χ0v) is 18.2. The highest BCUT2D eigenvalue weighted by Crippen LogP contribution is 2.26. The zero-order valence-electron chi connectivity index (χ0n) is 16.5. The van der Waals surface area contributed by atoms with Crippen LogP contribution in [0.3, 0.4) is 0 Å². The van der Waals surface area contributed by atoms with Crippen molar-refractivity contribution >= 4 is 34.7 Å². The molecule has 0 spiro atoms. The summed E-state index contributed by atoms with van der Waals surface area (Å²) in [6.07, 6.45) is 1.58. The largest absolute Gasteiger partial charge is 0.304 e. The van der Waals surface area contributed by atoms with Gasteiger partial charge in [0.05, 0.1) is 18.0 Å². The standard InChI is InChI=1S/C22H18F2N4OS2/c1-15-4-7-17(8-5-15)28-14-25-26-22(28)31-13-21(29)27(12-18-3-2-10-30-18)20-9-6-16(23)11-19(20)24/h2-11,14H,12-13H2,1H3. The minimum atomic E-state index is -0.780. The predicted octanol–water partition coefficient (Wildman–Crippen LogP) is 5.24. The number of thiophene rings is 1. The molecule has 4 rings (SSSR count). The van der Waals surface area contributed by atoms with Gasteiger partial charge in [0.15, 0.2) is 5.16 Å². The molecule has 5 nitrogen and oxygen atoms in total. The second-order valence-corrected chi connectivity index (χ2v) is 8.74. The Bertz CT molecular complexity index is 1180. The van der Waals surface area contributed by atoms with Gasteiger partial charge < -0.3 is 4.90 Å². The maximum atomic E-state index is 14.5. The molecular weight excluding hydrogens is 438 g/mol. The lowest BCUT2D eigenvalue weighted by Crippen LogP contribution is -2.32. The Labute approximate surface area is 186 Å². The summed E-state index contributed by atoms with van der Waals surface area (Å²) in [6, 6.07) is 14.8. The summed E-state index contributed by atoms with van der Waals surface area (Å²) in [4.78, 5) is 15.3. The van der Waals surface area contributed by atoms with Crippen LogP contribution in [0.5, 0.6) is 0 Å². The number of anilines is 1. The normalized spacial score (nSPS) is 10.9. The Balaban J connectivity index is 1.54. The van der Waals surface area contributed by atoms with E-state index in [4.69, 9.17) is 0 Å². The average Bonchev–Trinajstić information content (AvgIpc) is 3.43. The molecule has 0 N–H and O–H groups in total. The van der Waals surface area contributed by atoms with Crippen LogP contribution in [0.4, 0.5) is 14.5 Å². The number of nitrogens with zero attached hydrogens (tertiary/aromatic N) is 4. The fraction of sp³-hybridized carbons (Fsp3) is 0.136. The van der Waals surface area contributed by atoms with Crippen LogP contribution in [-0.2, 0) is 11.3 Å². The van der Waals surface area contributed by atoms with Gasteiger partial charge in [0.2, 0.25) is 5.91 Å². The topological polar surface area (TPSA) is 51.0 Å². The third-order valence-electron chi connectivity index (χ3n) is 4.55. The second kappa shape index (κ2) is 9.40. The van der Waals surface area contributed by atoms with Crippen molar-refractivity contribution in [3.05, 3.63) is 88.4 Å². The van der Waals surface area contributed by atoms with Gasteiger partial charge in [-0.2, -0.15) is 0 Å². The predicted molar refractivity (Wildman–Crippen MR) is 119 cm³/mol. The number of aromatic nitrogens is 3. The first-order chi connectivity index (χ1) is 15.0. The van der Waals surface area contributed by atoms with Gasteiger partial charge in [0.1, 0.15) is 18.0 Å². The van der Waals surface area contributed by atoms with E-state index in [1.54, 1.807) is 10.9 Å². The molecule has 2 aromatic heterocycles. The van der Waals surface area contributed by atoms with Crippen LogP contribution in [0.15, 0.2) is 71.5 Å². The van der Waals surface area contributed by atoms with Crippen molar-refractivity contribution in [2.45, 2.75) is 18.6 Å². The molecule has 0 bridgehead atoms. The molecule has 158 valence electrons. The van der Waals surface area contributed by atoms with Crippen molar-refractivity contribution in [2.24, 2.45) is 0 Å². The number of halogens is 2. The van der Waals surface area contributed by atoms with Crippen molar-refractivity contribution in [1.29, 1.82) is 0 Å². The van der Waals surface area contributed by atoms with Crippen LogP contribution in [-0.4, -0.2) is 26.4 Å². The van der Waals surface area contributed by atoms with Gasteiger partial charge >= 0.3 is 0 Å². The van der Waals surface area contributed by atoms with Crippen LogP contribution in [0, 0.1) is 18.6 Å². The highest BCUT2D eigenvalue weighted by atomic mass is 32.2. The summed E-state index contributed by atoms with van der Waals surface area (Å²) in [5.74, 6) is -1.77. The number of rotatable bonds is 7. The first kappa shape index (κ1) is 21.2. The quantitative estimate of drug-likeness (QED) is 0.357. The minimum absolute atomic E-state index is 0.0206. The van der Waals surface area contributed by atoms with Gasteiger partial charge in [-0.15, -0.1) is 21.5 Å². The van der Waals surface area contributed by atoms with Crippen LogP contribution >= 0.6 is 23.1 Å². The SMILES string of the molecule is Cc1ccc(-n2cnnc2SCC(=O)N(Cc2cccs2)c2ccc(F)cc2F)cc1. The van der Waals surface area contributed by atoms with Crippen molar-refractivity contribution in [2.75, 3.05) is 10.7 Å². The number of carbonyl (C=O) groups is 1. The monoisotopic (exact) mass is 456 g/mol. The third-order valence-corrected chi connectivity index (χ3v) is 6.34. The summed E-state index contributed by atoms with van der Waals surface area (Å²) in [6.45, 7) is 2.20. The first-order valence-electron chi connectivity index (χ1n) is 9.39. The second-order valence-electron chi connectivity index (χ2n) is 6.76. The molecule has 0 unspecified atom stereocenters. The number of hydrogen-bond donors (Lipinski definition) is 0. The molecule has 0 aliphatic rings. The van der Waals surface area contributed by atoms with E-state index in [1.165, 1.54) is 34.1 Å². The van der Waals surface area contributed by atoms with Gasteiger partial charge in [-0.05, 0) is 42.6 Å². The van der Waals surface area contributed by atoms with E-state index >= 15 is 0 Å². The number of aryl methyl sites for hydroxylation is 1. The smallest absolute Gasteiger partial charge is 0.237 e. The van der Waals surface area contributed by atoms with Crippen LogP contribution < -0.4 is 4.90 Å². The van der Waals surface area contributed by atoms with Gasteiger partial charge in [-0.1, -0.05) is 35.5 Å². The molecule has 9 heteroatoms. The molecular formula is C22H18F2N4OS2. The van der Waals surface area contributed by atoms with Crippen LogP contribution in [0.25, 0.3) is 5.69 Å². The molecule has 0 aliphatic heterocycles. The van der Waals surface area contributed by atoms with Crippen LogP contribution in [0.2, 0.25) is 0 Å². The highest BCUT2D eigenvalue weighted by Gasteiger charge is 2.22. The lowest BCUT2D eigenvalue weighted by atomic mass is 10.2. The lowest BCUT2D eigenvalue weighted by molar-refractivity contribution is -0.116. The summed E-state index contributed by atoms with van der Waals surface area (Å²) < 4.78 is 29.6. The Hall–Kier alpha value is -3.04. The maximum absolute atomic E-state index is 14.5. The number of hydrogen-bond acceptors (Lipinski definition) is 5. The molecule has 4 aromatic rings. The molecule has 0 fully saturated rings. The van der Waals surface area contributed by atoms with Gasteiger partial charge in [0, 0.05) is 16.6 Å². The van der Waals surface area contributed by atoms with E-state index in [0.29, 0.717) is 5.16 Å². The summed E-state index contributed by atoms with van der Waals surface area (Å²) in [5.41, 5.74) is 2.05. The number of benzene rings is 2. The third kappa shape index (κ3) is 5.00. The molecule has 0 radical (unpaired) electrons. The molecule has 0 aliphatic carbocycles. The average molecular weight is 457 g/mol. The molecule has 2 aromatic carbocycles. The van der Waals surface area contributed by atoms with Crippen LogP contribution in [0.1, 0.15) is 10.4 Å². The van der Waals surface area contributed by atoms with E-state index in [1.807, 2.05) is 48.7 Å². The highest BCUT2D eigenvalue weighted by molar-refractivity contribution is 7.99. The first-order valence-corrected chi connectivity index (χ1v) is 11.3. The summed E-state index contributed by atoms with van der Waals surface area (Å²) >= 11 is 2.68. The fourth-order valence-electron chi connectivity index (χ4n) is 2.98. The minimum Gasteiger partial charge on any atom is -0.304 e. The van der Waals surface area contributed by atoms with E-state index in [9.17, 15) is 13.6 Å². The molecule has 0 atom stereocenters. The lowest BCUT2D eigenvalue weighted by Gasteiger charge is -2.22. The van der Waals surface area contributed by atoms with Crippen molar-refractivity contribution in [1.82, 2.24) is 14.8 Å². The van der Waals surface area contributed by atoms with Crippen molar-refractivity contribution in [3.8, 4) is 5.69 Å². The van der Waals surface area contributed by atoms with Crippen molar-refractivity contribution < 1.29 is 13.6 Å². The Morgan fingerprint density at radius 2 is 1.97 bits per heavy atom. The maximum Gasteiger partial charge on any atom is 0.237 e.